The number of anilines is 1. The zero-order chi connectivity index (χ0) is 23.9. The van der Waals surface area contributed by atoms with E-state index in [4.69, 9.17) is 16.3 Å². The molecule has 174 valence electrons. The third-order valence-electron chi connectivity index (χ3n) is 4.51. The van der Waals surface area contributed by atoms with Crippen molar-refractivity contribution < 1.29 is 14.3 Å². The third-order valence-corrected chi connectivity index (χ3v) is 6.50. The lowest BCUT2D eigenvalue weighted by molar-refractivity contribution is -0.142. The van der Waals surface area contributed by atoms with Gasteiger partial charge in [-0.3, -0.25) is 14.2 Å². The van der Waals surface area contributed by atoms with E-state index in [1.54, 1.807) is 24.4 Å². The first-order valence-electron chi connectivity index (χ1n) is 10.3. The molecule has 4 rings (SSSR count). The molecular weight excluding hydrogens is 494 g/mol. The van der Waals surface area contributed by atoms with Gasteiger partial charge in [-0.05, 0) is 43.3 Å². The molecule has 0 aliphatic rings. The zero-order valence-corrected chi connectivity index (χ0v) is 20.5. The van der Waals surface area contributed by atoms with E-state index in [1.807, 2.05) is 47.0 Å². The van der Waals surface area contributed by atoms with Crippen molar-refractivity contribution in [2.75, 3.05) is 17.7 Å². The topological polar surface area (TPSA) is 99.0 Å². The Morgan fingerprint density at radius 1 is 1.12 bits per heavy atom. The van der Waals surface area contributed by atoms with Crippen molar-refractivity contribution in [2.24, 2.45) is 0 Å². The molecule has 1 N–H and O–H groups in total. The number of halogens is 1. The fourth-order valence-corrected chi connectivity index (χ4v) is 4.65. The van der Waals surface area contributed by atoms with E-state index in [-0.39, 0.29) is 24.1 Å². The van der Waals surface area contributed by atoms with Crippen molar-refractivity contribution in [1.82, 2.24) is 19.7 Å². The van der Waals surface area contributed by atoms with Gasteiger partial charge in [-0.15, -0.1) is 21.5 Å². The van der Waals surface area contributed by atoms with Crippen molar-refractivity contribution in [2.45, 2.75) is 18.5 Å². The number of amides is 1. The summed E-state index contributed by atoms with van der Waals surface area (Å²) in [4.78, 5) is 28.4. The van der Waals surface area contributed by atoms with Gasteiger partial charge < -0.3 is 10.1 Å². The van der Waals surface area contributed by atoms with Crippen LogP contribution in [-0.2, 0) is 20.7 Å². The highest BCUT2D eigenvalue weighted by atomic mass is 35.5. The maximum absolute atomic E-state index is 12.6. The quantitative estimate of drug-likeness (QED) is 0.251. The highest BCUT2D eigenvalue weighted by Crippen LogP contribution is 2.29. The fourth-order valence-electron chi connectivity index (χ4n) is 3.05. The molecule has 2 heterocycles. The van der Waals surface area contributed by atoms with E-state index in [2.05, 4.69) is 20.5 Å². The van der Waals surface area contributed by atoms with E-state index in [1.165, 1.54) is 23.1 Å². The van der Waals surface area contributed by atoms with Crippen LogP contribution in [0.25, 0.3) is 17.1 Å². The number of ether oxygens (including phenoxy) is 1. The van der Waals surface area contributed by atoms with E-state index in [0.29, 0.717) is 33.4 Å². The van der Waals surface area contributed by atoms with Gasteiger partial charge in [0.25, 0.3) is 0 Å². The van der Waals surface area contributed by atoms with Crippen LogP contribution in [0, 0.1) is 0 Å². The van der Waals surface area contributed by atoms with Crippen LogP contribution in [-0.4, -0.2) is 44.0 Å². The van der Waals surface area contributed by atoms with Crippen LogP contribution in [0.2, 0.25) is 5.02 Å². The molecule has 11 heteroatoms. The minimum absolute atomic E-state index is 0.0720. The largest absolute Gasteiger partial charge is 0.466 e. The monoisotopic (exact) mass is 513 g/mol. The predicted octanol–water partition coefficient (Wildman–Crippen LogP) is 4.88. The average Bonchev–Trinajstić information content (AvgIpc) is 3.45. The number of benzene rings is 2. The summed E-state index contributed by atoms with van der Waals surface area (Å²) in [6.45, 7) is 2.07. The maximum Gasteiger partial charge on any atom is 0.311 e. The number of hydrogen-bond donors (Lipinski definition) is 1. The lowest BCUT2D eigenvalue weighted by Gasteiger charge is -2.10. The molecule has 8 nitrogen and oxygen atoms in total. The summed E-state index contributed by atoms with van der Waals surface area (Å²) < 4.78 is 6.83. The van der Waals surface area contributed by atoms with Gasteiger partial charge in [-0.2, -0.15) is 0 Å². The lowest BCUT2D eigenvalue weighted by atomic mass is 10.2. The Labute approximate surface area is 209 Å². The van der Waals surface area contributed by atoms with E-state index in [0.717, 1.165) is 11.3 Å². The molecule has 2 aromatic heterocycles. The number of carbonyl (C=O) groups is 2. The fraction of sp³-hybridized carbons (Fsp3) is 0.174. The van der Waals surface area contributed by atoms with E-state index < -0.39 is 0 Å². The second-order valence-electron chi connectivity index (χ2n) is 6.95. The molecule has 0 radical (unpaired) electrons. The summed E-state index contributed by atoms with van der Waals surface area (Å²) in [5, 5.41) is 14.8. The summed E-state index contributed by atoms with van der Waals surface area (Å²) in [6.07, 6.45) is 0.0720. The molecule has 0 fully saturated rings. The molecule has 0 unspecified atom stereocenters. The van der Waals surface area contributed by atoms with Gasteiger partial charge >= 0.3 is 5.97 Å². The zero-order valence-electron chi connectivity index (χ0n) is 18.1. The number of esters is 1. The SMILES string of the molecule is CCOC(=O)Cc1csc(NC(=O)CSc2nnc(-c3ccc(Cl)cc3)n2-c2ccccc2)n1. The second kappa shape index (κ2) is 11.3. The van der Waals surface area contributed by atoms with Gasteiger partial charge in [0.2, 0.25) is 5.91 Å². The van der Waals surface area contributed by atoms with Crippen LogP contribution in [0.5, 0.6) is 0 Å². The molecule has 0 aliphatic carbocycles. The van der Waals surface area contributed by atoms with Gasteiger partial charge in [-0.25, -0.2) is 4.98 Å². The summed E-state index contributed by atoms with van der Waals surface area (Å²) in [5.74, 6) is 0.170. The number of aromatic nitrogens is 4. The van der Waals surface area contributed by atoms with Crippen molar-refractivity contribution in [3.8, 4) is 17.1 Å². The molecule has 2 aromatic carbocycles. The van der Waals surface area contributed by atoms with E-state index >= 15 is 0 Å². The van der Waals surface area contributed by atoms with E-state index in [9.17, 15) is 9.59 Å². The normalized spacial score (nSPS) is 10.8. The molecule has 1 amide bonds. The second-order valence-corrected chi connectivity index (χ2v) is 9.18. The minimum atomic E-state index is -0.349. The first kappa shape index (κ1) is 23.9. The van der Waals surface area contributed by atoms with Crippen molar-refractivity contribution in [1.29, 1.82) is 0 Å². The van der Waals surface area contributed by atoms with Crippen molar-refractivity contribution in [3.63, 3.8) is 0 Å². The van der Waals surface area contributed by atoms with Gasteiger partial charge in [0.1, 0.15) is 0 Å². The van der Waals surface area contributed by atoms with Gasteiger partial charge in [0, 0.05) is 21.7 Å². The number of thioether (sulfide) groups is 1. The van der Waals surface area contributed by atoms with Gasteiger partial charge in [0.05, 0.1) is 24.5 Å². The van der Waals surface area contributed by atoms with Crippen LogP contribution in [0.4, 0.5) is 5.13 Å². The van der Waals surface area contributed by atoms with Crippen LogP contribution in [0.15, 0.2) is 65.1 Å². The third kappa shape index (κ3) is 6.02. The Morgan fingerprint density at radius 3 is 2.62 bits per heavy atom. The Morgan fingerprint density at radius 2 is 1.88 bits per heavy atom. The minimum Gasteiger partial charge on any atom is -0.466 e. The number of nitrogens with one attached hydrogen (secondary N) is 1. The van der Waals surface area contributed by atoms with Gasteiger partial charge in [0.15, 0.2) is 16.1 Å². The number of hydrogen-bond acceptors (Lipinski definition) is 8. The highest BCUT2D eigenvalue weighted by Gasteiger charge is 2.18. The molecular formula is C23H20ClN5O3S2. The molecule has 0 aliphatic heterocycles. The number of carbonyl (C=O) groups excluding carboxylic acids is 2. The number of para-hydroxylation sites is 1. The summed E-state index contributed by atoms with van der Waals surface area (Å²) in [6, 6.07) is 17.0. The Kier molecular flexibility index (Phi) is 7.94. The van der Waals surface area contributed by atoms with Crippen LogP contribution in [0.1, 0.15) is 12.6 Å². The first-order valence-corrected chi connectivity index (χ1v) is 12.6. The maximum atomic E-state index is 12.6. The van der Waals surface area contributed by atoms with Crippen molar-refractivity contribution >= 4 is 51.7 Å². The molecule has 34 heavy (non-hydrogen) atoms. The molecule has 0 spiro atoms. The molecule has 4 aromatic rings. The predicted molar refractivity (Wildman–Crippen MR) is 134 cm³/mol. The Balaban J connectivity index is 1.47. The summed E-state index contributed by atoms with van der Waals surface area (Å²) >= 11 is 8.56. The summed E-state index contributed by atoms with van der Waals surface area (Å²) in [5.41, 5.74) is 2.29. The van der Waals surface area contributed by atoms with Gasteiger partial charge in [-0.1, -0.05) is 41.6 Å². The molecule has 0 saturated carbocycles. The van der Waals surface area contributed by atoms with Crippen molar-refractivity contribution in [3.05, 3.63) is 70.7 Å². The first-order chi connectivity index (χ1) is 16.5. The molecule has 0 bridgehead atoms. The molecule has 0 saturated heterocycles. The van der Waals surface area contributed by atoms with Crippen LogP contribution < -0.4 is 5.32 Å². The Hall–Kier alpha value is -3.21. The number of thiazole rings is 1. The number of nitrogens with zero attached hydrogens (tertiary/aromatic N) is 4. The van der Waals surface area contributed by atoms with Crippen LogP contribution >= 0.6 is 34.7 Å². The highest BCUT2D eigenvalue weighted by molar-refractivity contribution is 7.99. The standard InChI is InChI=1S/C23H20ClN5O3S2/c1-2-32-20(31)12-17-13-33-22(25-17)26-19(30)14-34-23-28-27-21(15-8-10-16(24)11-9-15)29(23)18-6-4-3-5-7-18/h3-11,13H,2,12,14H2,1H3,(H,25,26,30). The molecule has 0 atom stereocenters. The average molecular weight is 514 g/mol. The number of rotatable bonds is 9. The van der Waals surface area contributed by atoms with Crippen LogP contribution in [0.3, 0.4) is 0 Å². The summed E-state index contributed by atoms with van der Waals surface area (Å²) in [7, 11) is 0. The lowest BCUT2D eigenvalue weighted by Crippen LogP contribution is -2.15. The Bertz CT molecular complexity index is 1280. The smallest absolute Gasteiger partial charge is 0.311 e.